The van der Waals surface area contributed by atoms with Gasteiger partial charge in [-0.3, -0.25) is 0 Å². The Morgan fingerprint density at radius 3 is 2.45 bits per heavy atom. The predicted molar refractivity (Wildman–Crippen MR) is 72.5 cm³/mol. The third-order valence-electron chi connectivity index (χ3n) is 3.01. The Balaban J connectivity index is 1.85. The Labute approximate surface area is 115 Å². The van der Waals surface area contributed by atoms with E-state index in [9.17, 15) is 4.79 Å². The molecule has 2 aromatic rings. The van der Waals surface area contributed by atoms with Crippen molar-refractivity contribution in [3.05, 3.63) is 72.2 Å². The Bertz CT molecular complexity index is 661. The van der Waals surface area contributed by atoms with Gasteiger partial charge in [0.1, 0.15) is 6.26 Å². The summed E-state index contributed by atoms with van der Waals surface area (Å²) in [5.41, 5.74) is 2.89. The van der Waals surface area contributed by atoms with E-state index < -0.39 is 12.3 Å². The van der Waals surface area contributed by atoms with Crippen LogP contribution in [0.25, 0.3) is 11.1 Å². The predicted octanol–water partition coefficient (Wildman–Crippen LogP) is 3.33. The molecule has 0 amide bonds. The second-order valence-corrected chi connectivity index (χ2v) is 4.36. The standard InChI is InChI=1S/C16H12O4/c17-15(18)14-10-19-16(20-14)13-8-4-7-12(9-13)11-5-2-1-3-6-11/h1-10,16H,(H,17,18)/t16-/m0/s1. The smallest absolute Gasteiger partial charge is 0.374 e. The van der Waals surface area contributed by atoms with Gasteiger partial charge < -0.3 is 14.6 Å². The van der Waals surface area contributed by atoms with Crippen LogP contribution in [0.2, 0.25) is 0 Å². The third kappa shape index (κ3) is 2.36. The number of carboxylic acids is 1. The number of hydrogen-bond donors (Lipinski definition) is 1. The van der Waals surface area contributed by atoms with Crippen LogP contribution in [-0.2, 0) is 14.3 Å². The van der Waals surface area contributed by atoms with Crippen LogP contribution in [0.1, 0.15) is 11.9 Å². The number of ether oxygens (including phenoxy) is 2. The van der Waals surface area contributed by atoms with Crippen LogP contribution in [-0.4, -0.2) is 11.1 Å². The minimum absolute atomic E-state index is 0.180. The largest absolute Gasteiger partial charge is 0.475 e. The van der Waals surface area contributed by atoms with Crippen molar-refractivity contribution in [3.8, 4) is 11.1 Å². The van der Waals surface area contributed by atoms with Crippen LogP contribution < -0.4 is 0 Å². The van der Waals surface area contributed by atoms with E-state index in [4.69, 9.17) is 14.6 Å². The van der Waals surface area contributed by atoms with Gasteiger partial charge in [-0.15, -0.1) is 0 Å². The number of hydrogen-bond acceptors (Lipinski definition) is 3. The van der Waals surface area contributed by atoms with Gasteiger partial charge >= 0.3 is 5.97 Å². The summed E-state index contributed by atoms with van der Waals surface area (Å²) in [4.78, 5) is 10.8. The van der Waals surface area contributed by atoms with Crippen molar-refractivity contribution in [2.45, 2.75) is 6.29 Å². The highest BCUT2D eigenvalue weighted by Gasteiger charge is 2.25. The molecule has 0 bridgehead atoms. The maximum Gasteiger partial charge on any atom is 0.374 e. The summed E-state index contributed by atoms with van der Waals surface area (Å²) in [5, 5.41) is 8.84. The molecule has 20 heavy (non-hydrogen) atoms. The van der Waals surface area contributed by atoms with Crippen LogP contribution in [0.3, 0.4) is 0 Å². The molecule has 0 unspecified atom stereocenters. The van der Waals surface area contributed by atoms with Crippen molar-refractivity contribution in [1.29, 1.82) is 0 Å². The molecular formula is C16H12O4. The van der Waals surface area contributed by atoms with E-state index in [2.05, 4.69) is 0 Å². The molecule has 3 rings (SSSR count). The van der Waals surface area contributed by atoms with Crippen molar-refractivity contribution < 1.29 is 19.4 Å². The molecule has 2 aromatic carbocycles. The zero-order valence-corrected chi connectivity index (χ0v) is 10.5. The topological polar surface area (TPSA) is 55.8 Å². The number of rotatable bonds is 3. The molecule has 1 N–H and O–H groups in total. The van der Waals surface area contributed by atoms with Gasteiger partial charge in [0.05, 0.1) is 0 Å². The Morgan fingerprint density at radius 2 is 1.75 bits per heavy atom. The van der Waals surface area contributed by atoms with Gasteiger partial charge in [0.2, 0.25) is 5.76 Å². The summed E-state index contributed by atoms with van der Waals surface area (Å²) in [5.74, 6) is -1.31. The molecule has 0 saturated heterocycles. The van der Waals surface area contributed by atoms with E-state index in [-0.39, 0.29) is 5.76 Å². The van der Waals surface area contributed by atoms with E-state index in [0.29, 0.717) is 0 Å². The van der Waals surface area contributed by atoms with Gasteiger partial charge in [0, 0.05) is 5.56 Å². The van der Waals surface area contributed by atoms with Crippen molar-refractivity contribution in [2.75, 3.05) is 0 Å². The van der Waals surface area contributed by atoms with Gasteiger partial charge in [0.15, 0.2) is 0 Å². The molecule has 0 saturated carbocycles. The number of benzene rings is 2. The fourth-order valence-corrected chi connectivity index (χ4v) is 2.04. The number of carbonyl (C=O) groups is 1. The Kier molecular flexibility index (Phi) is 3.13. The zero-order chi connectivity index (χ0) is 13.9. The lowest BCUT2D eigenvalue weighted by Crippen LogP contribution is -2.04. The van der Waals surface area contributed by atoms with Gasteiger partial charge in [-0.1, -0.05) is 48.5 Å². The van der Waals surface area contributed by atoms with E-state index in [1.54, 1.807) is 0 Å². The highest BCUT2D eigenvalue weighted by Crippen LogP contribution is 2.31. The maximum absolute atomic E-state index is 10.8. The minimum atomic E-state index is -1.13. The SMILES string of the molecule is O=C(O)C1=CO[C@H](c2cccc(-c3ccccc3)c2)O1. The average Bonchev–Trinajstić information content (AvgIpc) is 2.98. The van der Waals surface area contributed by atoms with Crippen molar-refractivity contribution >= 4 is 5.97 Å². The summed E-state index contributed by atoms with van der Waals surface area (Å²) >= 11 is 0. The number of aliphatic carboxylic acids is 1. The Hall–Kier alpha value is -2.75. The minimum Gasteiger partial charge on any atom is -0.475 e. The first kappa shape index (κ1) is 12.3. The monoisotopic (exact) mass is 268 g/mol. The summed E-state index contributed by atoms with van der Waals surface area (Å²) < 4.78 is 10.5. The molecule has 0 aromatic heterocycles. The van der Waals surface area contributed by atoms with E-state index in [1.165, 1.54) is 0 Å². The van der Waals surface area contributed by atoms with Crippen molar-refractivity contribution in [3.63, 3.8) is 0 Å². The number of carboxylic acid groups (broad SMARTS) is 1. The van der Waals surface area contributed by atoms with Crippen LogP contribution in [0.5, 0.6) is 0 Å². The first-order valence-corrected chi connectivity index (χ1v) is 6.15. The molecule has 4 heteroatoms. The fourth-order valence-electron chi connectivity index (χ4n) is 2.04. The van der Waals surface area contributed by atoms with Gasteiger partial charge in [-0.25, -0.2) is 4.79 Å². The van der Waals surface area contributed by atoms with Gasteiger partial charge in [-0.05, 0) is 17.2 Å². The highest BCUT2D eigenvalue weighted by molar-refractivity contribution is 5.84. The van der Waals surface area contributed by atoms with Gasteiger partial charge in [-0.2, -0.15) is 0 Å². The Morgan fingerprint density at radius 1 is 1.00 bits per heavy atom. The highest BCUT2D eigenvalue weighted by atomic mass is 16.7. The van der Waals surface area contributed by atoms with Crippen LogP contribution >= 0.6 is 0 Å². The average molecular weight is 268 g/mol. The molecular weight excluding hydrogens is 256 g/mol. The first-order chi connectivity index (χ1) is 9.74. The molecule has 0 spiro atoms. The quantitative estimate of drug-likeness (QED) is 0.927. The second-order valence-electron chi connectivity index (χ2n) is 4.36. The van der Waals surface area contributed by atoms with E-state index in [1.807, 2.05) is 54.6 Å². The molecule has 100 valence electrons. The molecule has 1 aliphatic heterocycles. The maximum atomic E-state index is 10.8. The van der Waals surface area contributed by atoms with Crippen molar-refractivity contribution in [1.82, 2.24) is 0 Å². The van der Waals surface area contributed by atoms with E-state index in [0.717, 1.165) is 23.0 Å². The summed E-state index contributed by atoms with van der Waals surface area (Å²) in [6.45, 7) is 0. The first-order valence-electron chi connectivity index (χ1n) is 6.15. The lowest BCUT2D eigenvalue weighted by molar-refractivity contribution is -0.139. The molecule has 1 atom stereocenters. The normalized spacial score (nSPS) is 17.0. The summed E-state index contributed by atoms with van der Waals surface area (Å²) in [6.07, 6.45) is 0.423. The summed E-state index contributed by atoms with van der Waals surface area (Å²) in [7, 11) is 0. The molecule has 1 heterocycles. The molecule has 1 aliphatic rings. The second kappa shape index (κ2) is 5.09. The van der Waals surface area contributed by atoms with Crippen molar-refractivity contribution in [2.24, 2.45) is 0 Å². The molecule has 4 nitrogen and oxygen atoms in total. The van der Waals surface area contributed by atoms with Crippen LogP contribution in [0.15, 0.2) is 66.6 Å². The fraction of sp³-hybridized carbons (Fsp3) is 0.0625. The lowest BCUT2D eigenvalue weighted by Gasteiger charge is -2.12. The van der Waals surface area contributed by atoms with Crippen LogP contribution in [0.4, 0.5) is 0 Å². The third-order valence-corrected chi connectivity index (χ3v) is 3.01. The lowest BCUT2D eigenvalue weighted by atomic mass is 10.0. The van der Waals surface area contributed by atoms with Crippen LogP contribution in [0, 0.1) is 0 Å². The van der Waals surface area contributed by atoms with E-state index >= 15 is 0 Å². The van der Waals surface area contributed by atoms with Gasteiger partial charge in [0.25, 0.3) is 6.29 Å². The molecule has 0 radical (unpaired) electrons. The zero-order valence-electron chi connectivity index (χ0n) is 10.5. The molecule has 0 fully saturated rings. The molecule has 0 aliphatic carbocycles. The summed E-state index contributed by atoms with van der Waals surface area (Å²) in [6, 6.07) is 17.6.